The molecule has 0 spiro atoms. The molecule has 1 fully saturated rings. The fourth-order valence-corrected chi connectivity index (χ4v) is 1.92. The van der Waals surface area contributed by atoms with E-state index in [0.717, 1.165) is 6.42 Å². The molecule has 2 heterocycles. The van der Waals surface area contributed by atoms with Crippen LogP contribution in [0.15, 0.2) is 6.33 Å². The van der Waals surface area contributed by atoms with Gasteiger partial charge in [0.25, 0.3) is 0 Å². The SMILES string of the molecule is CNc1ncnc(NCC2CCC(=O)N2)c1OC. The molecule has 1 atom stereocenters. The lowest BCUT2D eigenvalue weighted by molar-refractivity contribution is -0.119. The number of nitrogens with zero attached hydrogens (tertiary/aromatic N) is 2. The van der Waals surface area contributed by atoms with Crippen molar-refractivity contribution in [2.75, 3.05) is 31.3 Å². The van der Waals surface area contributed by atoms with Crippen LogP contribution in [0.4, 0.5) is 11.6 Å². The molecule has 0 aliphatic carbocycles. The Kier molecular flexibility index (Phi) is 3.81. The Balaban J connectivity index is 2.02. The Bertz CT molecular complexity index is 437. The first kappa shape index (κ1) is 12.4. The highest BCUT2D eigenvalue weighted by molar-refractivity contribution is 5.78. The number of carbonyl (C=O) groups excluding carboxylic acids is 1. The molecule has 18 heavy (non-hydrogen) atoms. The zero-order chi connectivity index (χ0) is 13.0. The molecule has 0 aromatic carbocycles. The third-order valence-electron chi connectivity index (χ3n) is 2.85. The van der Waals surface area contributed by atoms with Crippen LogP contribution >= 0.6 is 0 Å². The molecular weight excluding hydrogens is 234 g/mol. The van der Waals surface area contributed by atoms with Crippen LogP contribution < -0.4 is 20.7 Å². The average Bonchev–Trinajstić information content (AvgIpc) is 2.81. The van der Waals surface area contributed by atoms with Crippen LogP contribution in [0.1, 0.15) is 12.8 Å². The van der Waals surface area contributed by atoms with Crippen molar-refractivity contribution in [1.82, 2.24) is 15.3 Å². The quantitative estimate of drug-likeness (QED) is 0.693. The lowest BCUT2D eigenvalue weighted by Gasteiger charge is -2.15. The standard InChI is InChI=1S/C11H17N5O2/c1-12-10-9(18-2)11(15-6-14-10)13-5-7-3-4-8(17)16-7/h6-7H,3-5H2,1-2H3,(H,16,17)(H2,12,13,14,15). The van der Waals surface area contributed by atoms with Crippen LogP contribution in [0.25, 0.3) is 0 Å². The number of methoxy groups -OCH3 is 1. The lowest BCUT2D eigenvalue weighted by atomic mass is 10.2. The van der Waals surface area contributed by atoms with Crippen molar-refractivity contribution in [1.29, 1.82) is 0 Å². The maximum atomic E-state index is 11.1. The van der Waals surface area contributed by atoms with Gasteiger partial charge in [0.05, 0.1) is 7.11 Å². The van der Waals surface area contributed by atoms with Crippen molar-refractivity contribution >= 4 is 17.5 Å². The summed E-state index contributed by atoms with van der Waals surface area (Å²) in [5, 5.41) is 9.00. The summed E-state index contributed by atoms with van der Waals surface area (Å²) in [5.74, 6) is 1.93. The summed E-state index contributed by atoms with van der Waals surface area (Å²) in [7, 11) is 3.34. The third-order valence-corrected chi connectivity index (χ3v) is 2.85. The molecule has 3 N–H and O–H groups in total. The summed E-state index contributed by atoms with van der Waals surface area (Å²) in [6, 6.07) is 0.148. The Labute approximate surface area is 105 Å². The molecule has 1 saturated heterocycles. The summed E-state index contributed by atoms with van der Waals surface area (Å²) in [6.07, 6.45) is 2.90. The van der Waals surface area contributed by atoms with Crippen LogP contribution in [0.5, 0.6) is 5.75 Å². The molecule has 1 aromatic rings. The van der Waals surface area contributed by atoms with Crippen molar-refractivity contribution in [2.45, 2.75) is 18.9 Å². The average molecular weight is 251 g/mol. The van der Waals surface area contributed by atoms with Gasteiger partial charge in [0.1, 0.15) is 6.33 Å². The number of amides is 1. The van der Waals surface area contributed by atoms with E-state index in [1.807, 2.05) is 0 Å². The van der Waals surface area contributed by atoms with Gasteiger partial charge in [-0.15, -0.1) is 0 Å². The van der Waals surface area contributed by atoms with Crippen molar-refractivity contribution in [3.05, 3.63) is 6.33 Å². The van der Waals surface area contributed by atoms with E-state index in [1.165, 1.54) is 6.33 Å². The molecule has 7 heteroatoms. The molecule has 1 aliphatic heterocycles. The zero-order valence-corrected chi connectivity index (χ0v) is 10.5. The summed E-state index contributed by atoms with van der Waals surface area (Å²) < 4.78 is 5.27. The molecule has 0 saturated carbocycles. The van der Waals surface area contributed by atoms with Crippen LogP contribution in [0.2, 0.25) is 0 Å². The molecule has 1 aliphatic rings. The van der Waals surface area contributed by atoms with E-state index in [4.69, 9.17) is 4.74 Å². The van der Waals surface area contributed by atoms with E-state index < -0.39 is 0 Å². The monoisotopic (exact) mass is 251 g/mol. The lowest BCUT2D eigenvalue weighted by Crippen LogP contribution is -2.32. The maximum Gasteiger partial charge on any atom is 0.220 e. The van der Waals surface area contributed by atoms with Gasteiger partial charge in [0.2, 0.25) is 11.7 Å². The molecule has 0 radical (unpaired) electrons. The van der Waals surface area contributed by atoms with Gasteiger partial charge in [0, 0.05) is 26.1 Å². The van der Waals surface area contributed by atoms with Crippen LogP contribution in [0, 0.1) is 0 Å². The third kappa shape index (κ3) is 2.61. The van der Waals surface area contributed by atoms with E-state index >= 15 is 0 Å². The van der Waals surface area contributed by atoms with Gasteiger partial charge in [-0.05, 0) is 6.42 Å². The molecule has 1 amide bonds. The number of anilines is 2. The van der Waals surface area contributed by atoms with Gasteiger partial charge in [-0.1, -0.05) is 0 Å². The summed E-state index contributed by atoms with van der Waals surface area (Å²) in [4.78, 5) is 19.3. The first-order chi connectivity index (χ1) is 8.74. The van der Waals surface area contributed by atoms with E-state index in [1.54, 1.807) is 14.2 Å². The van der Waals surface area contributed by atoms with Crippen molar-refractivity contribution in [3.63, 3.8) is 0 Å². The highest BCUT2D eigenvalue weighted by Gasteiger charge is 2.21. The summed E-state index contributed by atoms with van der Waals surface area (Å²) >= 11 is 0. The molecule has 7 nitrogen and oxygen atoms in total. The molecular formula is C11H17N5O2. The number of aromatic nitrogens is 2. The van der Waals surface area contributed by atoms with Crippen molar-refractivity contribution in [2.24, 2.45) is 0 Å². The maximum absolute atomic E-state index is 11.1. The minimum Gasteiger partial charge on any atom is -0.490 e. The molecule has 2 rings (SSSR count). The Morgan fingerprint density at radius 2 is 2.28 bits per heavy atom. The summed E-state index contributed by atoms with van der Waals surface area (Å²) in [5.41, 5.74) is 0. The van der Waals surface area contributed by atoms with Crippen LogP contribution in [-0.4, -0.2) is 42.6 Å². The minimum atomic E-state index is 0.104. The van der Waals surface area contributed by atoms with E-state index in [2.05, 4.69) is 25.9 Å². The van der Waals surface area contributed by atoms with Gasteiger partial charge in [-0.25, -0.2) is 9.97 Å². The van der Waals surface area contributed by atoms with Gasteiger partial charge in [-0.3, -0.25) is 4.79 Å². The topological polar surface area (TPSA) is 88.2 Å². The molecule has 98 valence electrons. The molecule has 0 bridgehead atoms. The second-order valence-electron chi connectivity index (χ2n) is 4.04. The van der Waals surface area contributed by atoms with E-state index in [0.29, 0.717) is 30.4 Å². The Hall–Kier alpha value is -2.05. The fraction of sp³-hybridized carbons (Fsp3) is 0.545. The van der Waals surface area contributed by atoms with E-state index in [-0.39, 0.29) is 11.9 Å². The first-order valence-corrected chi connectivity index (χ1v) is 5.84. The smallest absolute Gasteiger partial charge is 0.220 e. The summed E-state index contributed by atoms with van der Waals surface area (Å²) in [6.45, 7) is 0.627. The van der Waals surface area contributed by atoms with Gasteiger partial charge >= 0.3 is 0 Å². The number of ether oxygens (including phenoxy) is 1. The highest BCUT2D eigenvalue weighted by Crippen LogP contribution is 2.28. The minimum absolute atomic E-state index is 0.104. The normalized spacial score (nSPS) is 18.3. The predicted octanol–water partition coefficient (Wildman–Crippen LogP) is 0.217. The fourth-order valence-electron chi connectivity index (χ4n) is 1.92. The zero-order valence-electron chi connectivity index (χ0n) is 10.5. The van der Waals surface area contributed by atoms with E-state index in [9.17, 15) is 4.79 Å². The number of nitrogens with one attached hydrogen (secondary N) is 3. The van der Waals surface area contributed by atoms with Crippen molar-refractivity contribution < 1.29 is 9.53 Å². The highest BCUT2D eigenvalue weighted by atomic mass is 16.5. The van der Waals surface area contributed by atoms with Gasteiger partial charge in [0.15, 0.2) is 11.6 Å². The number of rotatable bonds is 5. The number of hydrogen-bond donors (Lipinski definition) is 3. The Morgan fingerprint density at radius 3 is 2.89 bits per heavy atom. The first-order valence-electron chi connectivity index (χ1n) is 5.84. The predicted molar refractivity (Wildman–Crippen MR) is 67.8 cm³/mol. The largest absolute Gasteiger partial charge is 0.490 e. The van der Waals surface area contributed by atoms with Crippen LogP contribution in [-0.2, 0) is 4.79 Å². The Morgan fingerprint density at radius 1 is 1.50 bits per heavy atom. The van der Waals surface area contributed by atoms with Gasteiger partial charge in [-0.2, -0.15) is 0 Å². The number of carbonyl (C=O) groups is 1. The molecule has 1 aromatic heterocycles. The number of hydrogen-bond acceptors (Lipinski definition) is 6. The van der Waals surface area contributed by atoms with Crippen molar-refractivity contribution in [3.8, 4) is 5.75 Å². The van der Waals surface area contributed by atoms with Crippen LogP contribution in [0.3, 0.4) is 0 Å². The molecule has 1 unspecified atom stereocenters. The second kappa shape index (κ2) is 5.52. The second-order valence-corrected chi connectivity index (χ2v) is 4.04. The van der Waals surface area contributed by atoms with Gasteiger partial charge < -0.3 is 20.7 Å².